The number of aromatic hydroxyl groups is 1. The van der Waals surface area contributed by atoms with Crippen LogP contribution in [-0.2, 0) is 17.4 Å². The normalized spacial score (nSPS) is 11.7. The van der Waals surface area contributed by atoms with Gasteiger partial charge in [-0.2, -0.15) is 0 Å². The highest BCUT2D eigenvalue weighted by molar-refractivity contribution is 6.05. The molecule has 0 fully saturated rings. The van der Waals surface area contributed by atoms with Crippen LogP contribution in [0.1, 0.15) is 94.3 Å². The van der Waals surface area contributed by atoms with Crippen LogP contribution in [0.4, 0.5) is 5.69 Å². The number of phenolic OH excluding ortho intramolecular Hbond substituents is 1. The first kappa shape index (κ1) is 36.3. The minimum absolute atomic E-state index is 0.00323. The number of anilines is 1. The number of benzene rings is 5. The number of carbonyl (C=O) groups is 1. The summed E-state index contributed by atoms with van der Waals surface area (Å²) in [5.74, 6) is 1.66. The molecule has 1 amide bonds. The molecular formula is C44H52N2O4. The Morgan fingerprint density at radius 1 is 0.740 bits per heavy atom. The zero-order valence-corrected chi connectivity index (χ0v) is 30.4. The van der Waals surface area contributed by atoms with Gasteiger partial charge >= 0.3 is 0 Å². The van der Waals surface area contributed by atoms with Crippen molar-refractivity contribution in [3.63, 3.8) is 0 Å². The van der Waals surface area contributed by atoms with Crippen LogP contribution < -0.4 is 20.1 Å². The minimum Gasteiger partial charge on any atom is -0.506 e. The maximum absolute atomic E-state index is 13.4. The van der Waals surface area contributed by atoms with E-state index in [1.807, 2.05) is 60.7 Å². The molecule has 50 heavy (non-hydrogen) atoms. The summed E-state index contributed by atoms with van der Waals surface area (Å²) in [5.41, 5.74) is 5.03. The number of unbranched alkanes of at least 4 members (excludes halogenated alkanes) is 1. The third kappa shape index (κ3) is 8.78. The Hall–Kier alpha value is -4.97. The highest BCUT2D eigenvalue weighted by atomic mass is 16.5. The molecule has 5 rings (SSSR count). The number of amides is 1. The zero-order chi connectivity index (χ0) is 35.7. The number of nitrogens with one attached hydrogen (secondary N) is 2. The smallest absolute Gasteiger partial charge is 0.255 e. The van der Waals surface area contributed by atoms with E-state index in [-0.39, 0.29) is 28.1 Å². The Morgan fingerprint density at radius 2 is 1.42 bits per heavy atom. The molecule has 0 saturated carbocycles. The van der Waals surface area contributed by atoms with Gasteiger partial charge in [0.05, 0.1) is 12.2 Å². The fourth-order valence-electron chi connectivity index (χ4n) is 5.86. The van der Waals surface area contributed by atoms with Crippen molar-refractivity contribution in [3.05, 3.63) is 125 Å². The van der Waals surface area contributed by atoms with Crippen molar-refractivity contribution >= 4 is 22.4 Å². The minimum atomic E-state index is -0.347. The molecule has 5 aromatic rings. The van der Waals surface area contributed by atoms with E-state index in [2.05, 4.69) is 82.5 Å². The monoisotopic (exact) mass is 672 g/mol. The van der Waals surface area contributed by atoms with Crippen molar-refractivity contribution in [1.82, 2.24) is 5.32 Å². The Bertz CT molecular complexity index is 1880. The van der Waals surface area contributed by atoms with Crippen LogP contribution in [-0.4, -0.2) is 24.2 Å². The molecule has 0 bridgehead atoms. The Morgan fingerprint density at radius 3 is 2.12 bits per heavy atom. The fourth-order valence-corrected chi connectivity index (χ4v) is 5.86. The predicted octanol–water partition coefficient (Wildman–Crippen LogP) is 10.9. The highest BCUT2D eigenvalue weighted by Gasteiger charge is 2.26. The fraction of sp³-hybridized carbons (Fsp3) is 0.341. The van der Waals surface area contributed by atoms with Crippen molar-refractivity contribution in [2.45, 2.75) is 84.6 Å². The van der Waals surface area contributed by atoms with Crippen molar-refractivity contribution < 1.29 is 19.4 Å². The summed E-state index contributed by atoms with van der Waals surface area (Å²) in [6, 6.07) is 33.6. The quantitative estimate of drug-likeness (QED) is 0.0909. The van der Waals surface area contributed by atoms with E-state index in [1.54, 1.807) is 12.1 Å². The summed E-state index contributed by atoms with van der Waals surface area (Å²) in [7, 11) is 0. The molecule has 6 nitrogen and oxygen atoms in total. The van der Waals surface area contributed by atoms with E-state index >= 15 is 0 Å². The van der Waals surface area contributed by atoms with Crippen LogP contribution in [0.2, 0.25) is 0 Å². The molecule has 0 unspecified atom stereocenters. The van der Waals surface area contributed by atoms with Gasteiger partial charge in [0.1, 0.15) is 23.0 Å². The van der Waals surface area contributed by atoms with Gasteiger partial charge in [0.2, 0.25) is 0 Å². The van der Waals surface area contributed by atoms with Gasteiger partial charge < -0.3 is 25.2 Å². The number of rotatable bonds is 16. The number of hydrogen-bond donors (Lipinski definition) is 3. The molecule has 3 N–H and O–H groups in total. The van der Waals surface area contributed by atoms with Gasteiger partial charge in [-0.1, -0.05) is 108 Å². The molecule has 0 heterocycles. The summed E-state index contributed by atoms with van der Waals surface area (Å²) < 4.78 is 12.6. The molecule has 0 spiro atoms. The molecule has 0 aliphatic heterocycles. The molecule has 6 heteroatoms. The van der Waals surface area contributed by atoms with E-state index < -0.39 is 0 Å². The van der Waals surface area contributed by atoms with E-state index in [0.29, 0.717) is 30.0 Å². The molecule has 0 atom stereocenters. The van der Waals surface area contributed by atoms with Crippen LogP contribution in [0.3, 0.4) is 0 Å². The first-order valence-corrected chi connectivity index (χ1v) is 17.9. The molecule has 5 aromatic carbocycles. The van der Waals surface area contributed by atoms with Gasteiger partial charge in [-0.15, -0.1) is 0 Å². The average Bonchev–Trinajstić information content (AvgIpc) is 3.14. The topological polar surface area (TPSA) is 79.8 Å². The summed E-state index contributed by atoms with van der Waals surface area (Å²) in [6.07, 6.45) is 3.60. The van der Waals surface area contributed by atoms with Gasteiger partial charge in [-0.05, 0) is 84.0 Å². The molecule has 0 aliphatic carbocycles. The van der Waals surface area contributed by atoms with Crippen LogP contribution in [0.15, 0.2) is 103 Å². The van der Waals surface area contributed by atoms with E-state index in [4.69, 9.17) is 9.47 Å². The summed E-state index contributed by atoms with van der Waals surface area (Å²) in [5, 5.41) is 18.8. The molecule has 0 aliphatic rings. The summed E-state index contributed by atoms with van der Waals surface area (Å²) in [4.78, 5) is 13.4. The molecule has 0 aromatic heterocycles. The lowest BCUT2D eigenvalue weighted by Crippen LogP contribution is -2.25. The number of hydrogen-bond acceptors (Lipinski definition) is 5. The Labute approximate surface area is 297 Å². The lowest BCUT2D eigenvalue weighted by molar-refractivity contribution is 0.0949. The second-order valence-electron chi connectivity index (χ2n) is 14.3. The van der Waals surface area contributed by atoms with Gasteiger partial charge in [-0.3, -0.25) is 4.79 Å². The number of fused-ring (bicyclic) bond motifs is 1. The lowest BCUT2D eigenvalue weighted by atomic mass is 9.76. The van der Waals surface area contributed by atoms with E-state index in [1.165, 1.54) is 16.7 Å². The molecule has 0 radical (unpaired) electrons. The largest absolute Gasteiger partial charge is 0.506 e. The number of phenols is 1. The van der Waals surface area contributed by atoms with Crippen molar-refractivity contribution in [3.8, 4) is 23.0 Å². The first-order valence-electron chi connectivity index (χ1n) is 17.9. The van der Waals surface area contributed by atoms with Gasteiger partial charge in [-0.25, -0.2) is 0 Å². The summed E-state index contributed by atoms with van der Waals surface area (Å²) >= 11 is 0. The first-order chi connectivity index (χ1) is 24.0. The van der Waals surface area contributed by atoms with Crippen molar-refractivity contribution in [1.29, 1.82) is 0 Å². The maximum Gasteiger partial charge on any atom is 0.255 e. The van der Waals surface area contributed by atoms with Crippen LogP contribution in [0.5, 0.6) is 23.0 Å². The SMILES string of the molecule is CCC(C)(C)c1ccc(OCCCCNC(=O)c2cc(Oc3ccc(NCc4ccccc4)cc3)c3ccccc3c2O)c(C(C)(C)CC)c1. The van der Waals surface area contributed by atoms with Crippen LogP contribution in [0, 0.1) is 0 Å². The van der Waals surface area contributed by atoms with Gasteiger partial charge in [0.25, 0.3) is 5.91 Å². The molecule has 262 valence electrons. The maximum atomic E-state index is 13.4. The lowest BCUT2D eigenvalue weighted by Gasteiger charge is -2.30. The Kier molecular flexibility index (Phi) is 11.7. The van der Waals surface area contributed by atoms with Crippen LogP contribution in [0.25, 0.3) is 10.8 Å². The standard InChI is InChI=1S/C44H52N2O4/c1-7-43(3,4)32-20-25-39(38(28-32)44(5,6)8-2)49-27-15-14-26-45-42(48)37-29-40(35-18-12-13-19-36(35)41(37)47)50-34-23-21-33(22-24-34)46-30-31-16-10-9-11-17-31/h9-13,16-25,28-29,46-47H,7-8,14-15,26-27,30H2,1-6H3,(H,45,48). The highest BCUT2D eigenvalue weighted by Crippen LogP contribution is 2.40. The van der Waals surface area contributed by atoms with E-state index in [0.717, 1.165) is 49.1 Å². The summed E-state index contributed by atoms with van der Waals surface area (Å²) in [6.45, 7) is 15.3. The van der Waals surface area contributed by atoms with Gasteiger partial charge in [0, 0.05) is 35.1 Å². The second-order valence-corrected chi connectivity index (χ2v) is 14.3. The second kappa shape index (κ2) is 16.2. The van der Waals surface area contributed by atoms with Gasteiger partial charge in [0.15, 0.2) is 0 Å². The molecular weight excluding hydrogens is 620 g/mol. The predicted molar refractivity (Wildman–Crippen MR) is 206 cm³/mol. The van der Waals surface area contributed by atoms with Crippen molar-refractivity contribution in [2.24, 2.45) is 0 Å². The number of carbonyl (C=O) groups excluding carboxylic acids is 1. The zero-order valence-electron chi connectivity index (χ0n) is 30.4. The molecule has 0 saturated heterocycles. The third-order valence-corrected chi connectivity index (χ3v) is 10.0. The average molecular weight is 673 g/mol. The number of ether oxygens (including phenoxy) is 2. The van der Waals surface area contributed by atoms with E-state index in [9.17, 15) is 9.90 Å². The Balaban J connectivity index is 1.19. The third-order valence-electron chi connectivity index (χ3n) is 10.0. The van der Waals surface area contributed by atoms with Crippen LogP contribution >= 0.6 is 0 Å². The van der Waals surface area contributed by atoms with Crippen molar-refractivity contribution in [2.75, 3.05) is 18.5 Å².